The molecule has 2 aromatic rings. The molecule has 0 aliphatic rings. The summed E-state index contributed by atoms with van der Waals surface area (Å²) < 4.78 is 50.4. The van der Waals surface area contributed by atoms with Crippen molar-refractivity contribution in [2.45, 2.75) is 32.0 Å². The molecule has 0 heterocycles. The maximum Gasteiger partial charge on any atom is 0.573 e. The van der Waals surface area contributed by atoms with Crippen LogP contribution < -0.4 is 16.2 Å². The lowest BCUT2D eigenvalue weighted by Crippen LogP contribution is -2.16. The Hall–Kier alpha value is -3.69. The second-order valence-electron chi connectivity index (χ2n) is 7.06. The Labute approximate surface area is 189 Å². The van der Waals surface area contributed by atoms with Crippen LogP contribution in [0.3, 0.4) is 0 Å². The molecule has 0 spiro atoms. The van der Waals surface area contributed by atoms with Crippen LogP contribution in [0.5, 0.6) is 5.75 Å². The Kier molecular flexibility index (Phi) is 9.59. The monoisotopic (exact) mass is 466 g/mol. The van der Waals surface area contributed by atoms with E-state index in [0.29, 0.717) is 35.3 Å². The van der Waals surface area contributed by atoms with Gasteiger partial charge in [0, 0.05) is 17.5 Å². The normalized spacial score (nSPS) is 11.4. The summed E-state index contributed by atoms with van der Waals surface area (Å²) >= 11 is 0. The molecule has 7 nitrogen and oxygen atoms in total. The number of unbranched alkanes of at least 4 members (excludes halogenated alkanes) is 3. The summed E-state index contributed by atoms with van der Waals surface area (Å²) in [5.74, 6) is -1.38. The fourth-order valence-electron chi connectivity index (χ4n) is 2.77. The van der Waals surface area contributed by atoms with E-state index in [2.05, 4.69) is 4.74 Å². The quantitative estimate of drug-likeness (QED) is 0.213. The topological polar surface area (TPSA) is 114 Å². The summed E-state index contributed by atoms with van der Waals surface area (Å²) in [6.45, 7) is 0.479. The van der Waals surface area contributed by atoms with Crippen LogP contribution in [0.4, 0.5) is 24.5 Å². The minimum absolute atomic E-state index is 0.226. The van der Waals surface area contributed by atoms with Crippen LogP contribution >= 0.6 is 0 Å². The van der Waals surface area contributed by atoms with Gasteiger partial charge in [0.1, 0.15) is 5.75 Å². The zero-order valence-corrected chi connectivity index (χ0v) is 17.8. The van der Waals surface area contributed by atoms with E-state index in [1.807, 2.05) is 0 Å². The molecule has 10 heteroatoms. The van der Waals surface area contributed by atoms with Crippen LogP contribution in [-0.4, -0.2) is 31.5 Å². The van der Waals surface area contributed by atoms with E-state index in [1.165, 1.54) is 36.4 Å². The molecular weight excluding hydrogens is 441 g/mol. The van der Waals surface area contributed by atoms with Crippen molar-refractivity contribution in [3.05, 3.63) is 59.7 Å². The molecule has 0 amide bonds. The lowest BCUT2D eigenvalue weighted by molar-refractivity contribution is -0.274. The maximum absolute atomic E-state index is 12.1. The molecule has 0 aliphatic heterocycles. The largest absolute Gasteiger partial charge is 0.573 e. The molecule has 0 radical (unpaired) electrons. The van der Waals surface area contributed by atoms with E-state index in [-0.39, 0.29) is 19.0 Å². The molecule has 33 heavy (non-hydrogen) atoms. The molecule has 0 bridgehead atoms. The third kappa shape index (κ3) is 10.4. The molecule has 0 unspecified atom stereocenters. The maximum atomic E-state index is 12.1. The molecule has 0 saturated heterocycles. The van der Waals surface area contributed by atoms with Crippen LogP contribution in [0.25, 0.3) is 6.08 Å². The highest BCUT2D eigenvalue weighted by Crippen LogP contribution is 2.23. The van der Waals surface area contributed by atoms with Crippen molar-refractivity contribution < 1.29 is 37.0 Å². The number of nitrogen functional groups attached to an aromatic ring is 2. The number of esters is 2. The van der Waals surface area contributed by atoms with Gasteiger partial charge in [0.05, 0.1) is 18.8 Å². The first-order valence-electron chi connectivity index (χ1n) is 10.2. The summed E-state index contributed by atoms with van der Waals surface area (Å²) in [5, 5.41) is 0. The first kappa shape index (κ1) is 25.6. The van der Waals surface area contributed by atoms with Crippen LogP contribution in [0.15, 0.2) is 48.5 Å². The zero-order valence-electron chi connectivity index (χ0n) is 17.8. The van der Waals surface area contributed by atoms with Crippen molar-refractivity contribution in [2.75, 3.05) is 24.7 Å². The van der Waals surface area contributed by atoms with E-state index in [0.717, 1.165) is 25.0 Å². The van der Waals surface area contributed by atoms with E-state index in [1.54, 1.807) is 6.07 Å². The van der Waals surface area contributed by atoms with Gasteiger partial charge in [0.2, 0.25) is 0 Å². The van der Waals surface area contributed by atoms with E-state index in [4.69, 9.17) is 20.9 Å². The fourth-order valence-corrected chi connectivity index (χ4v) is 2.77. The summed E-state index contributed by atoms with van der Waals surface area (Å²) in [5.41, 5.74) is 12.9. The number of anilines is 2. The fraction of sp³-hybridized carbons (Fsp3) is 0.304. The number of alkyl halides is 3. The highest BCUT2D eigenvalue weighted by Gasteiger charge is 2.30. The van der Waals surface area contributed by atoms with Crippen molar-refractivity contribution in [1.82, 2.24) is 0 Å². The van der Waals surface area contributed by atoms with Crippen molar-refractivity contribution >= 4 is 29.4 Å². The molecule has 0 aliphatic carbocycles. The third-order valence-corrected chi connectivity index (χ3v) is 4.26. The van der Waals surface area contributed by atoms with Crippen molar-refractivity contribution in [2.24, 2.45) is 0 Å². The summed E-state index contributed by atoms with van der Waals surface area (Å²) in [4.78, 5) is 23.7. The van der Waals surface area contributed by atoms with Gasteiger partial charge in [-0.05, 0) is 67.7 Å². The average molecular weight is 466 g/mol. The minimum Gasteiger partial charge on any atom is -0.463 e. The first-order chi connectivity index (χ1) is 15.6. The third-order valence-electron chi connectivity index (χ3n) is 4.26. The van der Waals surface area contributed by atoms with E-state index >= 15 is 0 Å². The number of benzene rings is 2. The number of carbonyl (C=O) groups excluding carboxylic acids is 2. The van der Waals surface area contributed by atoms with E-state index in [9.17, 15) is 22.8 Å². The molecule has 2 aromatic carbocycles. The van der Waals surface area contributed by atoms with Gasteiger partial charge in [0.25, 0.3) is 0 Å². The average Bonchev–Trinajstić information content (AvgIpc) is 2.73. The Morgan fingerprint density at radius 1 is 0.848 bits per heavy atom. The van der Waals surface area contributed by atoms with Gasteiger partial charge in [0.15, 0.2) is 0 Å². The van der Waals surface area contributed by atoms with Crippen molar-refractivity contribution in [3.8, 4) is 5.75 Å². The lowest BCUT2D eigenvalue weighted by Gasteiger charge is -2.08. The van der Waals surface area contributed by atoms with Gasteiger partial charge >= 0.3 is 18.3 Å². The Balaban J connectivity index is 1.56. The Morgan fingerprint density at radius 2 is 1.42 bits per heavy atom. The SMILES string of the molecule is Nc1cc(N)cc(C(=O)OCCCCCCOC(=O)C=Cc2ccc(OC(F)(F)F)cc2)c1. The molecule has 0 fully saturated rings. The molecule has 0 aromatic heterocycles. The van der Waals surface area contributed by atoms with Crippen molar-refractivity contribution in [1.29, 1.82) is 0 Å². The summed E-state index contributed by atoms with van der Waals surface area (Å²) in [7, 11) is 0. The van der Waals surface area contributed by atoms with Crippen LogP contribution in [0, 0.1) is 0 Å². The van der Waals surface area contributed by atoms with Gasteiger partial charge in [-0.25, -0.2) is 9.59 Å². The molecular formula is C23H25F3N2O5. The second-order valence-corrected chi connectivity index (χ2v) is 7.06. The van der Waals surface area contributed by atoms with Crippen LogP contribution in [0.2, 0.25) is 0 Å². The number of hydrogen-bond donors (Lipinski definition) is 2. The number of nitrogens with two attached hydrogens (primary N) is 2. The van der Waals surface area contributed by atoms with Crippen molar-refractivity contribution in [3.63, 3.8) is 0 Å². The lowest BCUT2D eigenvalue weighted by atomic mass is 10.2. The smallest absolute Gasteiger partial charge is 0.463 e. The number of carbonyl (C=O) groups is 2. The van der Waals surface area contributed by atoms with Crippen LogP contribution in [0.1, 0.15) is 41.6 Å². The van der Waals surface area contributed by atoms with Gasteiger partial charge in [-0.3, -0.25) is 0 Å². The number of ether oxygens (including phenoxy) is 3. The highest BCUT2D eigenvalue weighted by molar-refractivity contribution is 5.91. The van der Waals surface area contributed by atoms with Gasteiger partial charge < -0.3 is 25.7 Å². The summed E-state index contributed by atoms with van der Waals surface area (Å²) in [6.07, 6.45) is 0.739. The van der Waals surface area contributed by atoms with Gasteiger partial charge in [-0.2, -0.15) is 0 Å². The Bertz CT molecular complexity index is 939. The van der Waals surface area contributed by atoms with Gasteiger partial charge in [-0.1, -0.05) is 12.1 Å². The van der Waals surface area contributed by atoms with Gasteiger partial charge in [-0.15, -0.1) is 13.2 Å². The molecule has 0 saturated carbocycles. The predicted molar refractivity (Wildman–Crippen MR) is 117 cm³/mol. The predicted octanol–water partition coefficient (Wildman–Crippen LogP) is 4.72. The Morgan fingerprint density at radius 3 is 2.00 bits per heavy atom. The second kappa shape index (κ2) is 12.4. The molecule has 0 atom stereocenters. The molecule has 4 N–H and O–H groups in total. The number of hydrogen-bond acceptors (Lipinski definition) is 7. The minimum atomic E-state index is -4.75. The summed E-state index contributed by atoms with van der Waals surface area (Å²) in [6, 6.07) is 9.63. The molecule has 178 valence electrons. The zero-order chi connectivity index (χ0) is 24.3. The van der Waals surface area contributed by atoms with Crippen LogP contribution in [-0.2, 0) is 14.3 Å². The standard InChI is InChI=1S/C23H25F3N2O5/c24-23(25,26)33-20-8-5-16(6-9-20)7-10-21(29)31-11-3-1-2-4-12-32-22(30)17-13-18(27)15-19(28)14-17/h5-10,13-15H,1-4,11-12,27-28H2. The number of rotatable bonds is 11. The number of halogens is 3. The first-order valence-corrected chi connectivity index (χ1v) is 10.2. The van der Waals surface area contributed by atoms with E-state index < -0.39 is 18.3 Å². The molecule has 2 rings (SSSR count). The highest BCUT2D eigenvalue weighted by atomic mass is 19.4.